The monoisotopic (exact) mass is 372 g/mol. The van der Waals surface area contributed by atoms with Crippen LogP contribution in [0.4, 0.5) is 5.69 Å². The Balaban J connectivity index is 1.44. The van der Waals surface area contributed by atoms with E-state index in [1.165, 1.54) is 0 Å². The Bertz CT molecular complexity index is 895. The number of likely N-dealkylation sites (tertiary alicyclic amines) is 1. The number of furan rings is 1. The molecule has 138 valence electrons. The molecule has 26 heavy (non-hydrogen) atoms. The van der Waals surface area contributed by atoms with Crippen molar-refractivity contribution in [2.45, 2.75) is 37.0 Å². The van der Waals surface area contributed by atoms with E-state index in [1.807, 2.05) is 36.4 Å². The Morgan fingerprint density at radius 3 is 2.54 bits per heavy atom. The molecule has 1 saturated heterocycles. The molecule has 2 fully saturated rings. The summed E-state index contributed by atoms with van der Waals surface area (Å²) < 4.78 is 33.6. The quantitative estimate of drug-likeness (QED) is 0.826. The van der Waals surface area contributed by atoms with Gasteiger partial charge < -0.3 is 4.42 Å². The van der Waals surface area contributed by atoms with Crippen molar-refractivity contribution in [3.8, 4) is 0 Å². The van der Waals surface area contributed by atoms with Crippen molar-refractivity contribution in [3.05, 3.63) is 54.0 Å². The summed E-state index contributed by atoms with van der Waals surface area (Å²) >= 11 is 0. The van der Waals surface area contributed by atoms with Crippen LogP contribution >= 0.6 is 0 Å². The Labute approximate surface area is 154 Å². The Hall–Kier alpha value is -1.79. The van der Waals surface area contributed by atoms with Crippen LogP contribution in [0.25, 0.3) is 0 Å². The summed E-state index contributed by atoms with van der Waals surface area (Å²) in [5, 5.41) is 0. The lowest BCUT2D eigenvalue weighted by Crippen LogP contribution is -2.48. The Morgan fingerprint density at radius 2 is 1.85 bits per heavy atom. The number of piperidine rings is 1. The first-order chi connectivity index (χ1) is 12.6. The number of para-hydroxylation sites is 1. The Kier molecular flexibility index (Phi) is 3.69. The highest BCUT2D eigenvalue weighted by Crippen LogP contribution is 2.53. The summed E-state index contributed by atoms with van der Waals surface area (Å²) in [6.07, 6.45) is 5.28. The predicted octanol–water partition coefficient (Wildman–Crippen LogP) is 3.33. The van der Waals surface area contributed by atoms with Crippen molar-refractivity contribution in [2.24, 2.45) is 5.92 Å². The topological polar surface area (TPSA) is 53.8 Å². The average Bonchev–Trinajstić information content (AvgIpc) is 3.30. The molecule has 0 amide bonds. The second kappa shape index (κ2) is 5.86. The van der Waals surface area contributed by atoms with Gasteiger partial charge in [0, 0.05) is 19.6 Å². The molecule has 0 unspecified atom stereocenters. The molecule has 1 aliphatic carbocycles. The standard InChI is InChI=1S/C20H24N2O3S/c23-26(24)20(9-11-21(12-10-20)15-17-4-3-13-25-17)18-5-1-2-6-19(18)22(26)14-16-7-8-16/h1-6,13,16H,7-12,14-15H2. The molecule has 0 bridgehead atoms. The van der Waals surface area contributed by atoms with Gasteiger partial charge in [-0.25, -0.2) is 8.42 Å². The van der Waals surface area contributed by atoms with Gasteiger partial charge in [-0.2, -0.15) is 0 Å². The van der Waals surface area contributed by atoms with Crippen LogP contribution in [0.15, 0.2) is 47.1 Å². The van der Waals surface area contributed by atoms with E-state index in [9.17, 15) is 8.42 Å². The smallest absolute Gasteiger partial charge is 0.245 e. The van der Waals surface area contributed by atoms with Crippen molar-refractivity contribution in [2.75, 3.05) is 23.9 Å². The number of fused-ring (bicyclic) bond motifs is 2. The molecule has 1 aromatic carbocycles. The molecule has 2 aromatic rings. The molecular formula is C20H24N2O3S. The van der Waals surface area contributed by atoms with Gasteiger partial charge in [0.1, 0.15) is 10.5 Å². The van der Waals surface area contributed by atoms with Gasteiger partial charge in [-0.1, -0.05) is 18.2 Å². The SMILES string of the molecule is O=S1(=O)N(CC2CC2)c2ccccc2C12CCN(Cc1ccco1)CC2. The molecule has 0 N–H and O–H groups in total. The first-order valence-corrected chi connectivity index (χ1v) is 10.9. The lowest BCUT2D eigenvalue weighted by molar-refractivity contribution is 0.177. The third kappa shape index (κ3) is 2.42. The molecule has 1 saturated carbocycles. The largest absolute Gasteiger partial charge is 0.468 e. The van der Waals surface area contributed by atoms with Crippen LogP contribution in [0.1, 0.15) is 37.0 Å². The number of benzene rings is 1. The average molecular weight is 372 g/mol. The maximum Gasteiger partial charge on any atom is 0.245 e. The normalized spacial score (nSPS) is 24.1. The van der Waals surface area contributed by atoms with Gasteiger partial charge in [-0.3, -0.25) is 9.21 Å². The van der Waals surface area contributed by atoms with Gasteiger partial charge in [-0.15, -0.1) is 0 Å². The van der Waals surface area contributed by atoms with Crippen LogP contribution in [-0.2, 0) is 21.3 Å². The second-order valence-electron chi connectivity index (χ2n) is 7.85. The van der Waals surface area contributed by atoms with Crippen molar-refractivity contribution in [3.63, 3.8) is 0 Å². The molecule has 0 atom stereocenters. The molecule has 1 aromatic heterocycles. The zero-order chi connectivity index (χ0) is 17.8. The van der Waals surface area contributed by atoms with Crippen molar-refractivity contribution >= 4 is 15.7 Å². The van der Waals surface area contributed by atoms with E-state index < -0.39 is 14.8 Å². The highest BCUT2D eigenvalue weighted by molar-refractivity contribution is 7.94. The molecule has 3 heterocycles. The number of rotatable bonds is 4. The minimum atomic E-state index is -3.37. The van der Waals surface area contributed by atoms with E-state index in [0.29, 0.717) is 25.3 Å². The maximum atomic E-state index is 13.6. The lowest BCUT2D eigenvalue weighted by Gasteiger charge is -2.38. The van der Waals surface area contributed by atoms with E-state index in [-0.39, 0.29) is 0 Å². The molecule has 5 nitrogen and oxygen atoms in total. The van der Waals surface area contributed by atoms with Crippen LogP contribution in [0.2, 0.25) is 0 Å². The third-order valence-corrected chi connectivity index (χ3v) is 8.73. The number of anilines is 1. The van der Waals surface area contributed by atoms with E-state index >= 15 is 0 Å². The Morgan fingerprint density at radius 1 is 1.08 bits per heavy atom. The van der Waals surface area contributed by atoms with Crippen LogP contribution in [0.5, 0.6) is 0 Å². The first kappa shape index (κ1) is 16.4. The molecule has 1 spiro atoms. The molecular weight excluding hydrogens is 348 g/mol. The third-order valence-electron chi connectivity index (χ3n) is 6.19. The van der Waals surface area contributed by atoms with Gasteiger partial charge >= 0.3 is 0 Å². The van der Waals surface area contributed by atoms with E-state index in [4.69, 9.17) is 4.42 Å². The number of sulfonamides is 1. The minimum Gasteiger partial charge on any atom is -0.468 e. The second-order valence-corrected chi connectivity index (χ2v) is 10.0. The fourth-order valence-corrected chi connectivity index (χ4v) is 6.91. The summed E-state index contributed by atoms with van der Waals surface area (Å²) in [7, 11) is -3.37. The number of hydrogen-bond acceptors (Lipinski definition) is 4. The van der Waals surface area contributed by atoms with Gasteiger partial charge in [0.25, 0.3) is 0 Å². The summed E-state index contributed by atoms with van der Waals surface area (Å²) in [6, 6.07) is 11.8. The van der Waals surface area contributed by atoms with E-state index in [0.717, 1.165) is 49.5 Å². The fraction of sp³-hybridized carbons (Fsp3) is 0.500. The molecule has 3 aliphatic rings. The van der Waals surface area contributed by atoms with Gasteiger partial charge in [0.05, 0.1) is 18.5 Å². The van der Waals surface area contributed by atoms with Gasteiger partial charge in [-0.05, 0) is 55.4 Å². The molecule has 2 aliphatic heterocycles. The summed E-state index contributed by atoms with van der Waals surface area (Å²) in [4.78, 5) is 2.30. The predicted molar refractivity (Wildman–Crippen MR) is 100 cm³/mol. The van der Waals surface area contributed by atoms with E-state index in [2.05, 4.69) is 4.90 Å². The molecule has 6 heteroatoms. The van der Waals surface area contributed by atoms with Crippen molar-refractivity contribution in [1.29, 1.82) is 0 Å². The lowest BCUT2D eigenvalue weighted by atomic mass is 9.87. The minimum absolute atomic E-state index is 0.534. The fourth-order valence-electron chi connectivity index (χ4n) is 4.51. The number of hydrogen-bond donors (Lipinski definition) is 0. The molecule has 5 rings (SSSR count). The zero-order valence-electron chi connectivity index (χ0n) is 14.8. The van der Waals surface area contributed by atoms with Crippen LogP contribution in [0, 0.1) is 5.92 Å². The van der Waals surface area contributed by atoms with Gasteiger partial charge in [0.15, 0.2) is 0 Å². The van der Waals surface area contributed by atoms with Crippen molar-refractivity contribution < 1.29 is 12.8 Å². The zero-order valence-corrected chi connectivity index (χ0v) is 15.6. The number of nitrogens with zero attached hydrogens (tertiary/aromatic N) is 2. The first-order valence-electron chi connectivity index (χ1n) is 9.47. The van der Waals surface area contributed by atoms with Crippen LogP contribution in [-0.4, -0.2) is 33.0 Å². The molecule has 0 radical (unpaired) electrons. The highest BCUT2D eigenvalue weighted by Gasteiger charge is 2.57. The summed E-state index contributed by atoms with van der Waals surface area (Å²) in [5.41, 5.74) is 1.93. The maximum absolute atomic E-state index is 13.6. The summed E-state index contributed by atoms with van der Waals surface area (Å²) in [6.45, 7) is 2.94. The van der Waals surface area contributed by atoms with Crippen LogP contribution in [0.3, 0.4) is 0 Å². The summed E-state index contributed by atoms with van der Waals surface area (Å²) in [5.74, 6) is 1.47. The van der Waals surface area contributed by atoms with E-state index in [1.54, 1.807) is 10.6 Å². The van der Waals surface area contributed by atoms with Crippen LogP contribution < -0.4 is 4.31 Å². The highest BCUT2D eigenvalue weighted by atomic mass is 32.2. The van der Waals surface area contributed by atoms with Gasteiger partial charge in [0.2, 0.25) is 10.0 Å². The van der Waals surface area contributed by atoms with Crippen molar-refractivity contribution in [1.82, 2.24) is 4.90 Å².